The predicted octanol–water partition coefficient (Wildman–Crippen LogP) is 17.9. The molecule has 2 heteroatoms. The van der Waals surface area contributed by atoms with E-state index >= 15 is 0 Å². The quantitative estimate of drug-likeness (QED) is 0.199. The van der Waals surface area contributed by atoms with E-state index < -0.39 is 5.60 Å². The van der Waals surface area contributed by atoms with Crippen LogP contribution in [0.3, 0.4) is 0 Å². The average Bonchev–Trinajstić information content (AvgIpc) is 3.10. The molecule has 0 saturated heterocycles. The fourth-order valence-electron chi connectivity index (χ4n) is 7.77. The molecular formula is C49H96O2. The second-order valence-electron chi connectivity index (χ2n) is 17.6. The lowest BCUT2D eigenvalue weighted by Crippen LogP contribution is -2.22. The van der Waals surface area contributed by atoms with Crippen molar-refractivity contribution in [1.82, 2.24) is 0 Å². The zero-order valence-electron chi connectivity index (χ0n) is 35.8. The SMILES string of the molecule is C1CCCCCCCCCCCCCCCCCCCCCCCCCCCCCCCCCCCCCCCCC1.C=CC(=O)OC(C)(C)C. The maximum absolute atomic E-state index is 10.5. The van der Waals surface area contributed by atoms with Crippen LogP contribution in [0.15, 0.2) is 12.7 Å². The zero-order chi connectivity index (χ0) is 37.2. The maximum atomic E-state index is 10.5. The molecule has 0 heterocycles. The number of hydrogen-bond donors (Lipinski definition) is 0. The van der Waals surface area contributed by atoms with Gasteiger partial charge in [-0.25, -0.2) is 4.79 Å². The van der Waals surface area contributed by atoms with E-state index in [-0.39, 0.29) is 5.97 Å². The summed E-state index contributed by atoms with van der Waals surface area (Å²) in [6, 6.07) is 0. The van der Waals surface area contributed by atoms with Gasteiger partial charge in [-0.2, -0.15) is 0 Å². The van der Waals surface area contributed by atoms with Gasteiger partial charge in [-0.15, -0.1) is 0 Å². The van der Waals surface area contributed by atoms with Crippen LogP contribution in [-0.2, 0) is 9.53 Å². The maximum Gasteiger partial charge on any atom is 0.330 e. The molecule has 1 saturated carbocycles. The summed E-state index contributed by atoms with van der Waals surface area (Å²) in [5, 5.41) is 0. The lowest BCUT2D eigenvalue weighted by Gasteiger charge is -2.17. The minimum absolute atomic E-state index is 0.373. The molecule has 0 aliphatic heterocycles. The molecule has 0 amide bonds. The lowest BCUT2D eigenvalue weighted by molar-refractivity contribution is -0.148. The van der Waals surface area contributed by atoms with Gasteiger partial charge in [0.25, 0.3) is 0 Å². The van der Waals surface area contributed by atoms with Gasteiger partial charge in [0.05, 0.1) is 0 Å². The Labute approximate surface area is 323 Å². The number of carbonyl (C=O) groups excluding carboxylic acids is 1. The molecule has 1 fully saturated rings. The number of hydrogen-bond acceptors (Lipinski definition) is 2. The first-order valence-corrected chi connectivity index (χ1v) is 23.8. The summed E-state index contributed by atoms with van der Waals surface area (Å²) in [4.78, 5) is 10.5. The Bertz CT molecular complexity index is 450. The molecule has 1 rings (SSSR count). The van der Waals surface area contributed by atoms with Crippen LogP contribution in [0.1, 0.15) is 290 Å². The Kier molecular flexibility index (Phi) is 41.3. The summed E-state index contributed by atoms with van der Waals surface area (Å²) in [5.74, 6) is -0.373. The van der Waals surface area contributed by atoms with E-state index in [1.165, 1.54) is 270 Å². The van der Waals surface area contributed by atoms with Crippen LogP contribution in [0, 0.1) is 0 Å². The molecule has 0 unspecified atom stereocenters. The van der Waals surface area contributed by atoms with Crippen molar-refractivity contribution in [3.63, 3.8) is 0 Å². The van der Waals surface area contributed by atoms with Gasteiger partial charge in [-0.05, 0) is 20.8 Å². The van der Waals surface area contributed by atoms with Gasteiger partial charge < -0.3 is 4.74 Å². The molecule has 0 aromatic heterocycles. The van der Waals surface area contributed by atoms with E-state index in [0.29, 0.717) is 0 Å². The van der Waals surface area contributed by atoms with E-state index in [0.717, 1.165) is 6.08 Å². The molecular weight excluding hydrogens is 621 g/mol. The zero-order valence-corrected chi connectivity index (χ0v) is 35.8. The van der Waals surface area contributed by atoms with Crippen molar-refractivity contribution in [2.75, 3.05) is 0 Å². The molecule has 2 nitrogen and oxygen atoms in total. The summed E-state index contributed by atoms with van der Waals surface area (Å²) in [6.45, 7) is 8.71. The third-order valence-electron chi connectivity index (χ3n) is 11.1. The largest absolute Gasteiger partial charge is 0.457 e. The second-order valence-corrected chi connectivity index (χ2v) is 17.6. The highest BCUT2D eigenvalue weighted by Crippen LogP contribution is 2.19. The molecule has 0 aromatic carbocycles. The van der Waals surface area contributed by atoms with Gasteiger partial charge in [-0.3, -0.25) is 0 Å². The van der Waals surface area contributed by atoms with Crippen molar-refractivity contribution in [2.24, 2.45) is 0 Å². The van der Waals surface area contributed by atoms with Crippen molar-refractivity contribution in [3.8, 4) is 0 Å². The van der Waals surface area contributed by atoms with Crippen LogP contribution < -0.4 is 0 Å². The minimum atomic E-state index is -0.398. The van der Waals surface area contributed by atoms with Gasteiger partial charge >= 0.3 is 5.97 Å². The molecule has 0 bridgehead atoms. The van der Waals surface area contributed by atoms with Crippen molar-refractivity contribution < 1.29 is 9.53 Å². The number of ether oxygens (including phenoxy) is 1. The van der Waals surface area contributed by atoms with Gasteiger partial charge in [-0.1, -0.05) is 276 Å². The average molecular weight is 717 g/mol. The minimum Gasteiger partial charge on any atom is -0.457 e. The first-order valence-electron chi connectivity index (χ1n) is 23.8. The summed E-state index contributed by atoms with van der Waals surface area (Å²) in [6.07, 6.45) is 64.2. The summed E-state index contributed by atoms with van der Waals surface area (Å²) in [5.41, 5.74) is -0.398. The van der Waals surface area contributed by atoms with Gasteiger partial charge in [0.2, 0.25) is 0 Å². The molecule has 0 radical (unpaired) electrons. The highest BCUT2D eigenvalue weighted by Gasteiger charge is 2.13. The molecule has 51 heavy (non-hydrogen) atoms. The van der Waals surface area contributed by atoms with Crippen LogP contribution in [0.2, 0.25) is 0 Å². The van der Waals surface area contributed by atoms with Crippen molar-refractivity contribution in [3.05, 3.63) is 12.7 Å². The smallest absolute Gasteiger partial charge is 0.330 e. The number of carbonyl (C=O) groups is 1. The van der Waals surface area contributed by atoms with E-state index in [1.54, 1.807) is 0 Å². The van der Waals surface area contributed by atoms with E-state index in [9.17, 15) is 4.79 Å². The predicted molar refractivity (Wildman–Crippen MR) is 230 cm³/mol. The van der Waals surface area contributed by atoms with Crippen LogP contribution >= 0.6 is 0 Å². The van der Waals surface area contributed by atoms with E-state index in [2.05, 4.69) is 6.58 Å². The van der Waals surface area contributed by atoms with Crippen LogP contribution in [-0.4, -0.2) is 11.6 Å². The van der Waals surface area contributed by atoms with Crippen LogP contribution in [0.25, 0.3) is 0 Å². The second kappa shape index (κ2) is 42.0. The summed E-state index contributed by atoms with van der Waals surface area (Å²) in [7, 11) is 0. The molecule has 304 valence electrons. The lowest BCUT2D eigenvalue weighted by atomic mass is 10.0. The van der Waals surface area contributed by atoms with Crippen molar-refractivity contribution >= 4 is 5.97 Å². The Balaban J connectivity index is 0.00000243. The normalized spacial score (nSPS) is 21.6. The monoisotopic (exact) mass is 717 g/mol. The number of esters is 1. The van der Waals surface area contributed by atoms with Gasteiger partial charge in [0.15, 0.2) is 0 Å². The fourth-order valence-corrected chi connectivity index (χ4v) is 7.77. The van der Waals surface area contributed by atoms with Crippen molar-refractivity contribution in [2.45, 2.75) is 296 Å². The first kappa shape index (κ1) is 50.2. The van der Waals surface area contributed by atoms with Crippen molar-refractivity contribution in [1.29, 1.82) is 0 Å². The van der Waals surface area contributed by atoms with E-state index in [4.69, 9.17) is 4.74 Å². The van der Waals surface area contributed by atoms with Gasteiger partial charge in [0, 0.05) is 6.08 Å². The molecule has 0 atom stereocenters. The third-order valence-corrected chi connectivity index (χ3v) is 11.1. The fraction of sp³-hybridized carbons (Fsp3) is 0.939. The molecule has 1 aliphatic rings. The molecule has 0 aromatic rings. The third kappa shape index (κ3) is 47.2. The summed E-state index contributed by atoms with van der Waals surface area (Å²) >= 11 is 0. The summed E-state index contributed by atoms with van der Waals surface area (Å²) < 4.78 is 4.83. The highest BCUT2D eigenvalue weighted by molar-refractivity contribution is 5.81. The highest BCUT2D eigenvalue weighted by atomic mass is 16.6. The Morgan fingerprint density at radius 1 is 0.314 bits per heavy atom. The molecule has 0 N–H and O–H groups in total. The standard InChI is InChI=1S/C42H84.C7H12O2/c1-2-4-6-8-10-12-14-16-18-20-22-24-26-28-30-32-34-36-38-40-42-41-39-37-35-33-31-29-27-25-23-21-19-17-15-13-11-9-7-5-3-1;1-5-6(8)9-7(2,3)4/h1-42H2;5H,1H2,2-4H3. The van der Waals surface area contributed by atoms with Crippen LogP contribution in [0.5, 0.6) is 0 Å². The number of rotatable bonds is 1. The Hall–Kier alpha value is -0.790. The molecule has 0 spiro atoms. The van der Waals surface area contributed by atoms with Gasteiger partial charge in [0.1, 0.15) is 5.60 Å². The Morgan fingerprint density at radius 2 is 0.412 bits per heavy atom. The topological polar surface area (TPSA) is 26.3 Å². The van der Waals surface area contributed by atoms with Crippen LogP contribution in [0.4, 0.5) is 0 Å². The van der Waals surface area contributed by atoms with E-state index in [1.807, 2.05) is 20.8 Å². The first-order chi connectivity index (χ1) is 25.0. The molecule has 1 aliphatic carbocycles. The Morgan fingerprint density at radius 3 is 0.451 bits per heavy atom.